The van der Waals surface area contributed by atoms with Gasteiger partial charge in [-0.1, -0.05) is 11.6 Å². The summed E-state index contributed by atoms with van der Waals surface area (Å²) < 4.78 is 39.6. The minimum absolute atomic E-state index is 0.0534. The van der Waals surface area contributed by atoms with Crippen molar-refractivity contribution in [2.24, 2.45) is 0 Å². The van der Waals surface area contributed by atoms with E-state index in [2.05, 4.69) is 4.74 Å². The molecule has 0 aliphatic heterocycles. The van der Waals surface area contributed by atoms with Crippen LogP contribution in [0.4, 0.5) is 12.3 Å². The average molecular weight is 255 g/mol. The number of hydrogen-bond donors (Lipinski definition) is 0. The topological polar surface area (TPSA) is 26.3 Å². The van der Waals surface area contributed by atoms with Crippen LogP contribution in [0, 0.1) is 0 Å². The highest BCUT2D eigenvalue weighted by Crippen LogP contribution is 2.12. The molecule has 0 atom stereocenters. The summed E-state index contributed by atoms with van der Waals surface area (Å²) in [4.78, 5) is 11.1. The summed E-state index contributed by atoms with van der Waals surface area (Å²) in [5.41, 5.74) is 0.0534. The SMILES string of the molecule is O=C(OC[Si](F)(F)F)c1ccc(Cl)cc1. The number of hydrogen-bond acceptors (Lipinski definition) is 2. The number of carbonyl (C=O) groups excluding carboxylic acids is 1. The van der Waals surface area contributed by atoms with Gasteiger partial charge in [0, 0.05) is 5.02 Å². The predicted molar refractivity (Wildman–Crippen MR) is 50.8 cm³/mol. The van der Waals surface area contributed by atoms with Gasteiger partial charge in [0.1, 0.15) is 0 Å². The Morgan fingerprint density at radius 3 is 2.27 bits per heavy atom. The van der Waals surface area contributed by atoms with Crippen molar-refractivity contribution in [3.8, 4) is 0 Å². The van der Waals surface area contributed by atoms with Crippen LogP contribution in [0.1, 0.15) is 10.4 Å². The van der Waals surface area contributed by atoms with Gasteiger partial charge >= 0.3 is 15.0 Å². The van der Waals surface area contributed by atoms with Gasteiger partial charge in [0.15, 0.2) is 6.23 Å². The van der Waals surface area contributed by atoms with E-state index in [1.165, 1.54) is 24.3 Å². The number of ether oxygens (including phenoxy) is 1. The lowest BCUT2D eigenvalue weighted by atomic mass is 10.2. The zero-order valence-electron chi connectivity index (χ0n) is 7.34. The second-order valence-corrected chi connectivity index (χ2v) is 4.65. The Morgan fingerprint density at radius 2 is 1.80 bits per heavy atom. The quantitative estimate of drug-likeness (QED) is 0.471. The number of rotatable bonds is 3. The highest BCUT2D eigenvalue weighted by atomic mass is 35.5. The summed E-state index contributed by atoms with van der Waals surface area (Å²) in [6.45, 7) is 0. The Hall–Kier alpha value is -1.01. The zero-order chi connectivity index (χ0) is 11.5. The normalized spacial score (nSPS) is 11.2. The molecule has 0 aliphatic rings. The maximum Gasteiger partial charge on any atom is 0.656 e. The van der Waals surface area contributed by atoms with E-state index in [0.29, 0.717) is 5.02 Å². The van der Waals surface area contributed by atoms with Crippen LogP contribution in [0.15, 0.2) is 24.3 Å². The molecule has 0 aliphatic carbocycles. The van der Waals surface area contributed by atoms with Crippen LogP contribution < -0.4 is 0 Å². The van der Waals surface area contributed by atoms with Gasteiger partial charge < -0.3 is 4.74 Å². The number of carbonyl (C=O) groups is 1. The third kappa shape index (κ3) is 4.35. The van der Waals surface area contributed by atoms with Crippen LogP contribution in [0.5, 0.6) is 0 Å². The maximum atomic E-state index is 11.8. The molecule has 0 fully saturated rings. The molecule has 0 aromatic heterocycles. The van der Waals surface area contributed by atoms with Gasteiger partial charge in [-0.15, -0.1) is 0 Å². The van der Waals surface area contributed by atoms with Crippen LogP contribution in [0.3, 0.4) is 0 Å². The molecule has 0 amide bonds. The molecule has 1 aromatic rings. The number of esters is 1. The van der Waals surface area contributed by atoms with Crippen LogP contribution in [-0.2, 0) is 4.74 Å². The molecular formula is C8H6ClF3O2Si. The molecular weight excluding hydrogens is 249 g/mol. The van der Waals surface area contributed by atoms with Gasteiger partial charge in [-0.05, 0) is 24.3 Å². The molecule has 2 nitrogen and oxygen atoms in total. The Labute approximate surface area is 90.1 Å². The summed E-state index contributed by atoms with van der Waals surface area (Å²) in [5.74, 6) is -0.989. The molecule has 0 heterocycles. The fraction of sp³-hybridized carbons (Fsp3) is 0.125. The molecule has 0 radical (unpaired) electrons. The first-order chi connectivity index (χ1) is 6.88. The monoisotopic (exact) mass is 254 g/mol. The Bertz CT molecular complexity index is 350. The first-order valence-electron chi connectivity index (χ1n) is 3.88. The average Bonchev–Trinajstić information content (AvgIpc) is 2.14. The molecule has 1 aromatic carbocycles. The lowest BCUT2D eigenvalue weighted by Crippen LogP contribution is -2.26. The van der Waals surface area contributed by atoms with E-state index in [1.54, 1.807) is 0 Å². The molecule has 0 bridgehead atoms. The van der Waals surface area contributed by atoms with Crippen molar-refractivity contribution in [1.82, 2.24) is 0 Å². The van der Waals surface area contributed by atoms with Crippen molar-refractivity contribution < 1.29 is 21.9 Å². The Balaban J connectivity index is 2.58. The third-order valence-corrected chi connectivity index (χ3v) is 2.17. The smallest absolute Gasteiger partial charge is 0.457 e. The van der Waals surface area contributed by atoms with E-state index in [-0.39, 0.29) is 5.56 Å². The molecule has 1 rings (SSSR count). The molecule has 15 heavy (non-hydrogen) atoms. The van der Waals surface area contributed by atoms with Crippen molar-refractivity contribution >= 4 is 26.6 Å². The third-order valence-electron chi connectivity index (χ3n) is 1.45. The molecule has 0 saturated heterocycles. The van der Waals surface area contributed by atoms with Gasteiger partial charge in [-0.25, -0.2) is 17.1 Å². The predicted octanol–water partition coefficient (Wildman–Crippen LogP) is 2.88. The van der Waals surface area contributed by atoms with Crippen molar-refractivity contribution in [2.75, 3.05) is 6.23 Å². The fourth-order valence-electron chi connectivity index (χ4n) is 0.817. The van der Waals surface area contributed by atoms with E-state index in [0.717, 1.165) is 0 Å². The van der Waals surface area contributed by atoms with Crippen LogP contribution in [0.25, 0.3) is 0 Å². The number of halogens is 4. The summed E-state index contributed by atoms with van der Waals surface area (Å²) >= 11 is 5.54. The fourth-order valence-corrected chi connectivity index (χ4v) is 1.24. The van der Waals surface area contributed by atoms with Crippen molar-refractivity contribution in [2.45, 2.75) is 0 Å². The van der Waals surface area contributed by atoms with E-state index >= 15 is 0 Å². The van der Waals surface area contributed by atoms with Gasteiger partial charge in [0.05, 0.1) is 5.56 Å². The Kier molecular flexibility index (Phi) is 3.76. The zero-order valence-corrected chi connectivity index (χ0v) is 9.10. The molecule has 7 heteroatoms. The second-order valence-electron chi connectivity index (χ2n) is 2.70. The molecule has 0 unspecified atom stereocenters. The second kappa shape index (κ2) is 4.67. The molecule has 82 valence electrons. The first kappa shape index (κ1) is 12.1. The molecule has 0 saturated carbocycles. The molecule has 0 spiro atoms. The van der Waals surface area contributed by atoms with Gasteiger partial charge in [-0.3, -0.25) is 0 Å². The largest absolute Gasteiger partial charge is 0.656 e. The lowest BCUT2D eigenvalue weighted by Gasteiger charge is -2.05. The van der Waals surface area contributed by atoms with Gasteiger partial charge in [0.2, 0.25) is 0 Å². The van der Waals surface area contributed by atoms with Gasteiger partial charge in [0.25, 0.3) is 0 Å². The highest BCUT2D eigenvalue weighted by Gasteiger charge is 2.39. The van der Waals surface area contributed by atoms with Crippen molar-refractivity contribution in [3.05, 3.63) is 34.9 Å². The van der Waals surface area contributed by atoms with Crippen LogP contribution in [0.2, 0.25) is 5.02 Å². The van der Waals surface area contributed by atoms with Crippen molar-refractivity contribution in [1.29, 1.82) is 0 Å². The number of benzene rings is 1. The first-order valence-corrected chi connectivity index (χ1v) is 6.10. The maximum absolute atomic E-state index is 11.8. The van der Waals surface area contributed by atoms with E-state index in [4.69, 9.17) is 11.6 Å². The minimum atomic E-state index is -5.83. The minimum Gasteiger partial charge on any atom is -0.457 e. The summed E-state index contributed by atoms with van der Waals surface area (Å²) in [6.07, 6.45) is -1.45. The van der Waals surface area contributed by atoms with E-state index in [1.807, 2.05) is 0 Å². The van der Waals surface area contributed by atoms with Crippen LogP contribution in [-0.4, -0.2) is 21.3 Å². The van der Waals surface area contributed by atoms with Crippen LogP contribution >= 0.6 is 11.6 Å². The van der Waals surface area contributed by atoms with Crippen molar-refractivity contribution in [3.63, 3.8) is 0 Å². The van der Waals surface area contributed by atoms with Gasteiger partial charge in [-0.2, -0.15) is 0 Å². The van der Waals surface area contributed by atoms with E-state index < -0.39 is 21.3 Å². The summed E-state index contributed by atoms with van der Waals surface area (Å²) in [6, 6.07) is 5.43. The molecule has 0 N–H and O–H groups in total. The lowest BCUT2D eigenvalue weighted by molar-refractivity contribution is 0.0537. The van der Waals surface area contributed by atoms with E-state index in [9.17, 15) is 17.1 Å². The standard InChI is InChI=1S/C8H6ClF3O2Si/c9-7-3-1-6(2-4-7)8(13)14-5-15(10,11)12/h1-4H,5H2. The highest BCUT2D eigenvalue weighted by molar-refractivity contribution is 6.58. The summed E-state index contributed by atoms with van der Waals surface area (Å²) in [5, 5.41) is 0.400. The Morgan fingerprint density at radius 1 is 1.27 bits per heavy atom. The summed E-state index contributed by atoms with van der Waals surface area (Å²) in [7, 11) is -5.83.